The molecular formula is C14H12N2O3. The highest BCUT2D eigenvalue weighted by Gasteiger charge is 2.20. The summed E-state index contributed by atoms with van der Waals surface area (Å²) in [7, 11) is 1.88. The van der Waals surface area contributed by atoms with E-state index in [2.05, 4.69) is 11.2 Å². The quantitative estimate of drug-likeness (QED) is 0.765. The minimum atomic E-state index is -1.04. The van der Waals surface area contributed by atoms with Crippen molar-refractivity contribution in [2.24, 2.45) is 7.05 Å². The Hall–Kier alpha value is -2.56. The van der Waals surface area contributed by atoms with Crippen molar-refractivity contribution in [3.8, 4) is 11.5 Å². The van der Waals surface area contributed by atoms with E-state index in [9.17, 15) is 4.79 Å². The molecule has 0 aliphatic carbocycles. The van der Waals surface area contributed by atoms with Gasteiger partial charge in [-0.15, -0.1) is 0 Å². The van der Waals surface area contributed by atoms with Crippen molar-refractivity contribution >= 4 is 16.9 Å². The maximum absolute atomic E-state index is 11.1. The van der Waals surface area contributed by atoms with Gasteiger partial charge in [0.1, 0.15) is 5.56 Å². The summed E-state index contributed by atoms with van der Waals surface area (Å²) in [5, 5.41) is 13.7. The number of hydrogen-bond donors (Lipinski definition) is 1. The predicted octanol–water partition coefficient (Wildman–Crippen LogP) is 2.84. The van der Waals surface area contributed by atoms with Crippen molar-refractivity contribution in [3.05, 3.63) is 41.6 Å². The zero-order chi connectivity index (χ0) is 13.6. The molecule has 3 aromatic rings. The lowest BCUT2D eigenvalue weighted by Crippen LogP contribution is -1.98. The molecule has 0 saturated heterocycles. The van der Waals surface area contributed by atoms with Gasteiger partial charge >= 0.3 is 5.97 Å². The summed E-state index contributed by atoms with van der Waals surface area (Å²) < 4.78 is 7.01. The highest BCUT2D eigenvalue weighted by atomic mass is 16.5. The van der Waals surface area contributed by atoms with Gasteiger partial charge in [-0.25, -0.2) is 4.79 Å². The van der Waals surface area contributed by atoms with Gasteiger partial charge in [-0.1, -0.05) is 17.3 Å². The molecule has 0 aliphatic rings. The van der Waals surface area contributed by atoms with E-state index >= 15 is 0 Å². The summed E-state index contributed by atoms with van der Waals surface area (Å²) in [4.78, 5) is 11.1. The van der Waals surface area contributed by atoms with Crippen molar-refractivity contribution < 1.29 is 14.4 Å². The largest absolute Gasteiger partial charge is 0.477 e. The molecule has 1 aromatic carbocycles. The summed E-state index contributed by atoms with van der Waals surface area (Å²) >= 11 is 0. The molecule has 0 saturated carbocycles. The van der Waals surface area contributed by atoms with Gasteiger partial charge in [0.15, 0.2) is 5.76 Å². The molecule has 0 radical (unpaired) electrons. The zero-order valence-electron chi connectivity index (χ0n) is 10.5. The molecular weight excluding hydrogens is 244 g/mol. The molecule has 2 aromatic heterocycles. The molecule has 19 heavy (non-hydrogen) atoms. The highest BCUT2D eigenvalue weighted by Crippen LogP contribution is 2.30. The van der Waals surface area contributed by atoms with E-state index in [1.807, 2.05) is 36.7 Å². The summed E-state index contributed by atoms with van der Waals surface area (Å²) in [6.07, 6.45) is 1.22. The summed E-state index contributed by atoms with van der Waals surface area (Å²) in [5.41, 5.74) is 2.96. The summed E-state index contributed by atoms with van der Waals surface area (Å²) in [6, 6.07) is 7.98. The number of nitrogens with zero attached hydrogens (tertiary/aromatic N) is 2. The zero-order valence-corrected chi connectivity index (χ0v) is 10.5. The second kappa shape index (κ2) is 3.98. The first kappa shape index (κ1) is 11.5. The molecule has 0 spiro atoms. The van der Waals surface area contributed by atoms with Crippen LogP contribution in [0.5, 0.6) is 0 Å². The molecule has 1 N–H and O–H groups in total. The average Bonchev–Trinajstić information content (AvgIpc) is 2.95. The molecule has 0 amide bonds. The number of hydrogen-bond acceptors (Lipinski definition) is 3. The SMILES string of the molecule is Cc1ccc2cc(-c3oncc3C(=O)O)n(C)c2c1. The van der Waals surface area contributed by atoms with Gasteiger partial charge in [-0.05, 0) is 24.6 Å². The van der Waals surface area contributed by atoms with Crippen LogP contribution >= 0.6 is 0 Å². The number of benzene rings is 1. The molecule has 0 aliphatic heterocycles. The Labute approximate surface area is 109 Å². The van der Waals surface area contributed by atoms with Gasteiger partial charge in [-0.2, -0.15) is 0 Å². The van der Waals surface area contributed by atoms with E-state index < -0.39 is 5.97 Å². The van der Waals surface area contributed by atoms with Crippen LogP contribution in [0.1, 0.15) is 15.9 Å². The first-order chi connectivity index (χ1) is 9.08. The minimum Gasteiger partial charge on any atom is -0.477 e. The van der Waals surface area contributed by atoms with E-state index in [-0.39, 0.29) is 11.3 Å². The Kier molecular flexibility index (Phi) is 2.41. The normalized spacial score (nSPS) is 11.1. The number of aromatic nitrogens is 2. The standard InChI is InChI=1S/C14H12N2O3/c1-8-3-4-9-6-12(16(2)11(9)5-8)13-10(14(17)18)7-15-19-13/h3-7H,1-2H3,(H,17,18). The van der Waals surface area contributed by atoms with Crippen molar-refractivity contribution in [1.82, 2.24) is 9.72 Å². The topological polar surface area (TPSA) is 68.3 Å². The van der Waals surface area contributed by atoms with Gasteiger partial charge in [0.05, 0.1) is 11.9 Å². The van der Waals surface area contributed by atoms with E-state index in [0.717, 1.165) is 16.5 Å². The van der Waals surface area contributed by atoms with Gasteiger partial charge in [0, 0.05) is 18.0 Å². The number of fused-ring (bicyclic) bond motifs is 1. The number of carbonyl (C=O) groups is 1. The average molecular weight is 256 g/mol. The van der Waals surface area contributed by atoms with Crippen LogP contribution in [0.25, 0.3) is 22.4 Å². The summed E-state index contributed by atoms with van der Waals surface area (Å²) in [5.74, 6) is -0.762. The van der Waals surface area contributed by atoms with Crippen LogP contribution in [0.2, 0.25) is 0 Å². The van der Waals surface area contributed by atoms with Crippen molar-refractivity contribution in [1.29, 1.82) is 0 Å². The number of aryl methyl sites for hydroxylation is 2. The molecule has 0 bridgehead atoms. The lowest BCUT2D eigenvalue weighted by Gasteiger charge is -2.02. The number of carboxylic acids is 1. The first-order valence-electron chi connectivity index (χ1n) is 5.82. The molecule has 3 rings (SSSR count). The summed E-state index contributed by atoms with van der Waals surface area (Å²) in [6.45, 7) is 2.02. The minimum absolute atomic E-state index is 0.0719. The number of carboxylic acid groups (broad SMARTS) is 1. The monoisotopic (exact) mass is 256 g/mol. The number of aromatic carboxylic acids is 1. The van der Waals surface area contributed by atoms with Crippen LogP contribution in [-0.4, -0.2) is 20.8 Å². The van der Waals surface area contributed by atoms with Crippen LogP contribution in [0.4, 0.5) is 0 Å². The van der Waals surface area contributed by atoms with Gasteiger partial charge in [0.25, 0.3) is 0 Å². The lowest BCUT2D eigenvalue weighted by molar-refractivity contribution is 0.0697. The smallest absolute Gasteiger partial charge is 0.341 e. The Morgan fingerprint density at radius 3 is 2.89 bits per heavy atom. The van der Waals surface area contributed by atoms with Gasteiger partial charge in [0.2, 0.25) is 0 Å². The van der Waals surface area contributed by atoms with Crippen molar-refractivity contribution in [3.63, 3.8) is 0 Å². The van der Waals surface area contributed by atoms with Crippen LogP contribution in [0, 0.1) is 6.92 Å². The van der Waals surface area contributed by atoms with Crippen LogP contribution in [-0.2, 0) is 7.05 Å². The van der Waals surface area contributed by atoms with Crippen LogP contribution < -0.4 is 0 Å². The Balaban J connectivity index is 2.28. The van der Waals surface area contributed by atoms with E-state index in [1.54, 1.807) is 0 Å². The van der Waals surface area contributed by atoms with Crippen molar-refractivity contribution in [2.75, 3.05) is 0 Å². The fraction of sp³-hybridized carbons (Fsp3) is 0.143. The maximum atomic E-state index is 11.1. The second-order valence-electron chi connectivity index (χ2n) is 4.52. The third-order valence-corrected chi connectivity index (χ3v) is 3.23. The lowest BCUT2D eigenvalue weighted by atomic mass is 10.2. The van der Waals surface area contributed by atoms with E-state index in [1.165, 1.54) is 6.20 Å². The fourth-order valence-electron chi connectivity index (χ4n) is 2.23. The second-order valence-corrected chi connectivity index (χ2v) is 4.52. The first-order valence-corrected chi connectivity index (χ1v) is 5.82. The molecule has 5 heteroatoms. The molecule has 0 unspecified atom stereocenters. The van der Waals surface area contributed by atoms with Gasteiger partial charge < -0.3 is 14.2 Å². The molecule has 5 nitrogen and oxygen atoms in total. The predicted molar refractivity (Wildman–Crippen MR) is 70.1 cm³/mol. The Morgan fingerprint density at radius 2 is 2.16 bits per heavy atom. The molecule has 2 heterocycles. The molecule has 0 fully saturated rings. The van der Waals surface area contributed by atoms with Crippen molar-refractivity contribution in [2.45, 2.75) is 6.92 Å². The third kappa shape index (κ3) is 1.71. The highest BCUT2D eigenvalue weighted by molar-refractivity contribution is 5.96. The third-order valence-electron chi connectivity index (χ3n) is 3.23. The Bertz CT molecular complexity index is 783. The Morgan fingerprint density at radius 1 is 1.37 bits per heavy atom. The van der Waals surface area contributed by atoms with E-state index in [0.29, 0.717) is 5.69 Å². The maximum Gasteiger partial charge on any atom is 0.341 e. The van der Waals surface area contributed by atoms with Crippen LogP contribution in [0.15, 0.2) is 35.0 Å². The number of rotatable bonds is 2. The van der Waals surface area contributed by atoms with E-state index in [4.69, 9.17) is 9.63 Å². The van der Waals surface area contributed by atoms with Gasteiger partial charge in [-0.3, -0.25) is 0 Å². The fourth-order valence-corrected chi connectivity index (χ4v) is 2.23. The van der Waals surface area contributed by atoms with Crippen LogP contribution in [0.3, 0.4) is 0 Å². The molecule has 0 atom stereocenters. The molecule has 96 valence electrons.